The van der Waals surface area contributed by atoms with Crippen molar-refractivity contribution in [2.45, 2.75) is 18.6 Å². The van der Waals surface area contributed by atoms with Gasteiger partial charge >= 0.3 is 0 Å². The lowest BCUT2D eigenvalue weighted by Crippen LogP contribution is -2.41. The molecular weight excluding hydrogens is 174 g/mol. The van der Waals surface area contributed by atoms with Crippen molar-refractivity contribution in [3.8, 4) is 0 Å². The SMILES string of the molecule is C=CCNCC(C)(C)S(C)(=O)=O. The summed E-state index contributed by atoms with van der Waals surface area (Å²) in [4.78, 5) is 0. The standard InChI is InChI=1S/C8H17NO2S/c1-5-6-9-7-8(2,3)12(4,10)11/h5,9H,1,6-7H2,2-4H3. The number of hydrogen-bond acceptors (Lipinski definition) is 3. The zero-order valence-electron chi connectivity index (χ0n) is 7.92. The highest BCUT2D eigenvalue weighted by Crippen LogP contribution is 2.12. The van der Waals surface area contributed by atoms with Crippen molar-refractivity contribution in [2.75, 3.05) is 19.3 Å². The topological polar surface area (TPSA) is 46.2 Å². The van der Waals surface area contributed by atoms with Gasteiger partial charge in [-0.1, -0.05) is 6.08 Å². The third kappa shape index (κ3) is 3.36. The fraction of sp³-hybridized carbons (Fsp3) is 0.750. The van der Waals surface area contributed by atoms with E-state index in [9.17, 15) is 8.42 Å². The van der Waals surface area contributed by atoms with Crippen molar-refractivity contribution in [1.82, 2.24) is 5.32 Å². The van der Waals surface area contributed by atoms with E-state index in [0.717, 1.165) is 0 Å². The van der Waals surface area contributed by atoms with Gasteiger partial charge in [0.25, 0.3) is 0 Å². The molecule has 0 atom stereocenters. The van der Waals surface area contributed by atoms with Gasteiger partial charge in [-0.25, -0.2) is 8.42 Å². The molecule has 0 heterocycles. The molecule has 0 aromatic carbocycles. The molecule has 0 spiro atoms. The lowest BCUT2D eigenvalue weighted by atomic mass is 10.2. The van der Waals surface area contributed by atoms with Crippen molar-refractivity contribution < 1.29 is 8.42 Å². The van der Waals surface area contributed by atoms with Crippen LogP contribution >= 0.6 is 0 Å². The highest BCUT2D eigenvalue weighted by Gasteiger charge is 2.29. The van der Waals surface area contributed by atoms with Gasteiger partial charge in [0.2, 0.25) is 0 Å². The van der Waals surface area contributed by atoms with Crippen molar-refractivity contribution >= 4 is 9.84 Å². The highest BCUT2D eigenvalue weighted by atomic mass is 32.2. The number of hydrogen-bond donors (Lipinski definition) is 1. The number of sulfone groups is 1. The molecule has 12 heavy (non-hydrogen) atoms. The minimum absolute atomic E-state index is 0.456. The molecule has 0 unspecified atom stereocenters. The van der Waals surface area contributed by atoms with Crippen LogP contribution in [0.25, 0.3) is 0 Å². The van der Waals surface area contributed by atoms with E-state index in [2.05, 4.69) is 11.9 Å². The minimum atomic E-state index is -2.98. The van der Waals surface area contributed by atoms with E-state index >= 15 is 0 Å². The zero-order chi connectivity index (χ0) is 9.83. The minimum Gasteiger partial charge on any atom is -0.312 e. The molecule has 4 heteroatoms. The average Bonchev–Trinajstić information content (AvgIpc) is 1.85. The lowest BCUT2D eigenvalue weighted by Gasteiger charge is -2.22. The Morgan fingerprint density at radius 3 is 2.33 bits per heavy atom. The van der Waals surface area contributed by atoms with Gasteiger partial charge in [0.05, 0.1) is 4.75 Å². The Morgan fingerprint density at radius 1 is 1.50 bits per heavy atom. The van der Waals surface area contributed by atoms with Crippen LogP contribution in [0.2, 0.25) is 0 Å². The van der Waals surface area contributed by atoms with Gasteiger partial charge in [0.1, 0.15) is 0 Å². The summed E-state index contributed by atoms with van der Waals surface area (Å²) in [5, 5.41) is 2.98. The predicted octanol–water partition coefficient (Wildman–Crippen LogP) is 0.585. The summed E-state index contributed by atoms with van der Waals surface area (Å²) < 4.78 is 21.7. The van der Waals surface area contributed by atoms with Gasteiger partial charge in [-0.3, -0.25) is 0 Å². The van der Waals surface area contributed by atoms with E-state index < -0.39 is 14.6 Å². The molecule has 0 aromatic heterocycles. The van der Waals surface area contributed by atoms with E-state index in [1.165, 1.54) is 6.26 Å². The van der Waals surface area contributed by atoms with Crippen LogP contribution in [0.4, 0.5) is 0 Å². The number of rotatable bonds is 5. The van der Waals surface area contributed by atoms with Gasteiger partial charge in [0.15, 0.2) is 9.84 Å². The van der Waals surface area contributed by atoms with Crippen molar-refractivity contribution in [1.29, 1.82) is 0 Å². The molecule has 0 aromatic rings. The molecule has 0 aliphatic heterocycles. The van der Waals surface area contributed by atoms with Crippen LogP contribution in [0.15, 0.2) is 12.7 Å². The molecule has 0 aliphatic rings. The summed E-state index contributed by atoms with van der Waals surface area (Å²) in [7, 11) is -2.98. The molecular formula is C8H17NO2S. The first-order chi connectivity index (χ1) is 5.31. The van der Waals surface area contributed by atoms with E-state index in [-0.39, 0.29) is 0 Å². The Hall–Kier alpha value is -0.350. The van der Waals surface area contributed by atoms with Gasteiger partial charge in [-0.05, 0) is 13.8 Å². The van der Waals surface area contributed by atoms with Crippen molar-refractivity contribution in [3.05, 3.63) is 12.7 Å². The third-order valence-electron chi connectivity index (χ3n) is 1.84. The maximum atomic E-state index is 11.2. The maximum Gasteiger partial charge on any atom is 0.153 e. The van der Waals surface area contributed by atoms with Crippen LogP contribution in [0.3, 0.4) is 0 Å². The number of nitrogens with one attached hydrogen (secondary N) is 1. The molecule has 0 radical (unpaired) electrons. The Morgan fingerprint density at radius 2 is 2.00 bits per heavy atom. The monoisotopic (exact) mass is 191 g/mol. The van der Waals surface area contributed by atoms with Crippen LogP contribution in [-0.4, -0.2) is 32.5 Å². The first kappa shape index (κ1) is 11.6. The fourth-order valence-corrected chi connectivity index (χ4v) is 0.971. The second-order valence-corrected chi connectivity index (χ2v) is 6.10. The first-order valence-corrected chi connectivity index (χ1v) is 5.71. The summed E-state index contributed by atoms with van der Waals surface area (Å²) >= 11 is 0. The Bertz CT molecular complexity index is 242. The van der Waals surface area contributed by atoms with Crippen LogP contribution in [-0.2, 0) is 9.84 Å². The molecule has 0 saturated heterocycles. The second kappa shape index (κ2) is 4.05. The van der Waals surface area contributed by atoms with E-state index in [1.54, 1.807) is 19.9 Å². The van der Waals surface area contributed by atoms with Gasteiger partial charge in [0, 0.05) is 19.3 Å². The molecule has 1 N–H and O–H groups in total. The zero-order valence-corrected chi connectivity index (χ0v) is 8.74. The van der Waals surface area contributed by atoms with Crippen molar-refractivity contribution in [2.24, 2.45) is 0 Å². The summed E-state index contributed by atoms with van der Waals surface area (Å²) in [6.07, 6.45) is 2.96. The highest BCUT2D eigenvalue weighted by molar-refractivity contribution is 7.92. The fourth-order valence-electron chi connectivity index (χ4n) is 0.606. The Kier molecular flexibility index (Phi) is 3.93. The quantitative estimate of drug-likeness (QED) is 0.511. The first-order valence-electron chi connectivity index (χ1n) is 3.82. The Labute approximate surface area is 74.8 Å². The maximum absolute atomic E-state index is 11.2. The molecule has 0 bridgehead atoms. The van der Waals surface area contributed by atoms with Gasteiger partial charge < -0.3 is 5.32 Å². The van der Waals surface area contributed by atoms with Gasteiger partial charge in [-0.15, -0.1) is 6.58 Å². The normalized spacial score (nSPS) is 12.9. The van der Waals surface area contributed by atoms with Crippen LogP contribution in [0.5, 0.6) is 0 Å². The average molecular weight is 191 g/mol. The Balaban J connectivity index is 4.15. The molecule has 0 saturated carbocycles. The van der Waals surface area contributed by atoms with E-state index in [0.29, 0.717) is 13.1 Å². The van der Waals surface area contributed by atoms with E-state index in [4.69, 9.17) is 0 Å². The summed E-state index contributed by atoms with van der Waals surface area (Å²) in [6.45, 7) is 8.04. The van der Waals surface area contributed by atoms with Gasteiger partial charge in [-0.2, -0.15) is 0 Å². The van der Waals surface area contributed by atoms with E-state index in [1.807, 2.05) is 0 Å². The predicted molar refractivity (Wildman–Crippen MR) is 52.0 cm³/mol. The summed E-state index contributed by atoms with van der Waals surface area (Å²) in [5.74, 6) is 0. The second-order valence-electron chi connectivity index (χ2n) is 3.45. The molecule has 0 amide bonds. The molecule has 0 rings (SSSR count). The molecule has 3 nitrogen and oxygen atoms in total. The molecule has 0 fully saturated rings. The smallest absolute Gasteiger partial charge is 0.153 e. The van der Waals surface area contributed by atoms with Crippen LogP contribution in [0, 0.1) is 0 Å². The third-order valence-corrected chi connectivity index (χ3v) is 4.00. The largest absolute Gasteiger partial charge is 0.312 e. The summed E-state index contributed by atoms with van der Waals surface area (Å²) in [5.41, 5.74) is 0. The molecule has 0 aliphatic carbocycles. The van der Waals surface area contributed by atoms with Crippen LogP contribution in [0.1, 0.15) is 13.8 Å². The van der Waals surface area contributed by atoms with Crippen molar-refractivity contribution in [3.63, 3.8) is 0 Å². The summed E-state index contributed by atoms with van der Waals surface area (Å²) in [6, 6.07) is 0. The van der Waals surface area contributed by atoms with Crippen LogP contribution < -0.4 is 5.32 Å². The lowest BCUT2D eigenvalue weighted by molar-refractivity contribution is 0.531. The molecule has 72 valence electrons.